The molecule has 62 valence electrons. The molecule has 11 heavy (non-hydrogen) atoms. The van der Waals surface area contributed by atoms with Crippen LogP contribution in [0, 0.1) is 0 Å². The van der Waals surface area contributed by atoms with Gasteiger partial charge in [0.15, 0.2) is 5.82 Å². The Kier molecular flexibility index (Phi) is 2.94. The first-order valence-corrected chi connectivity index (χ1v) is 3.51. The van der Waals surface area contributed by atoms with Crippen LogP contribution in [0.1, 0.15) is 18.8 Å². The maximum Gasteiger partial charge on any atom is 0.191 e. The molecule has 1 unspecified atom stereocenters. The molecule has 0 bridgehead atoms. The molecule has 1 aromatic rings. The lowest BCUT2D eigenvalue weighted by Crippen LogP contribution is -2.26. The highest BCUT2D eigenvalue weighted by molar-refractivity contribution is 4.85. The van der Waals surface area contributed by atoms with Crippen molar-refractivity contribution in [1.82, 2.24) is 25.9 Å². The fraction of sp³-hybridized carbons (Fsp3) is 0.800. The summed E-state index contributed by atoms with van der Waals surface area (Å²) in [6, 6.07) is 0.109. The van der Waals surface area contributed by atoms with Crippen molar-refractivity contribution in [3.63, 3.8) is 0 Å². The molecular weight excluding hydrogens is 144 g/mol. The van der Waals surface area contributed by atoms with Crippen LogP contribution in [0.2, 0.25) is 0 Å². The molecule has 0 saturated carbocycles. The molecule has 0 aliphatic heterocycles. The Morgan fingerprint density at radius 2 is 2.55 bits per heavy atom. The van der Waals surface area contributed by atoms with Crippen molar-refractivity contribution in [2.75, 3.05) is 13.1 Å². The van der Waals surface area contributed by atoms with E-state index in [1.165, 1.54) is 0 Å². The average Bonchev–Trinajstić information content (AvgIpc) is 2.52. The largest absolute Gasteiger partial charge is 0.329 e. The second-order valence-corrected chi connectivity index (χ2v) is 2.23. The van der Waals surface area contributed by atoms with Gasteiger partial charge < -0.3 is 11.1 Å². The number of tetrazole rings is 1. The van der Waals surface area contributed by atoms with Crippen LogP contribution >= 0.6 is 0 Å². The molecule has 0 spiro atoms. The topological polar surface area (TPSA) is 92.5 Å². The van der Waals surface area contributed by atoms with Crippen LogP contribution in [0.4, 0.5) is 0 Å². The van der Waals surface area contributed by atoms with Gasteiger partial charge >= 0.3 is 0 Å². The molecule has 6 nitrogen and oxygen atoms in total. The van der Waals surface area contributed by atoms with Gasteiger partial charge in [0.2, 0.25) is 0 Å². The summed E-state index contributed by atoms with van der Waals surface area (Å²) in [4.78, 5) is 0. The molecule has 0 aliphatic carbocycles. The van der Waals surface area contributed by atoms with Crippen LogP contribution in [0.5, 0.6) is 0 Å². The van der Waals surface area contributed by atoms with Gasteiger partial charge in [-0.05, 0) is 6.92 Å². The van der Waals surface area contributed by atoms with Crippen LogP contribution in [0.25, 0.3) is 0 Å². The van der Waals surface area contributed by atoms with Crippen molar-refractivity contribution in [3.05, 3.63) is 5.82 Å². The number of nitrogens with one attached hydrogen (secondary N) is 2. The van der Waals surface area contributed by atoms with Gasteiger partial charge in [0.1, 0.15) is 0 Å². The molecule has 1 aromatic heterocycles. The number of nitrogens with zero attached hydrogens (tertiary/aromatic N) is 3. The molecule has 0 amide bonds. The van der Waals surface area contributed by atoms with E-state index in [1.807, 2.05) is 6.92 Å². The van der Waals surface area contributed by atoms with Gasteiger partial charge in [-0.1, -0.05) is 5.21 Å². The van der Waals surface area contributed by atoms with Gasteiger partial charge in [0, 0.05) is 13.1 Å². The van der Waals surface area contributed by atoms with Crippen LogP contribution in [-0.2, 0) is 0 Å². The molecule has 1 rings (SSSR count). The number of aromatic amines is 1. The Morgan fingerprint density at radius 3 is 3.09 bits per heavy atom. The third-order valence-electron chi connectivity index (χ3n) is 1.34. The zero-order valence-electron chi connectivity index (χ0n) is 6.41. The Bertz CT molecular complexity index is 183. The smallest absolute Gasteiger partial charge is 0.191 e. The predicted octanol–water partition coefficient (Wildman–Crippen LogP) is -1.19. The first kappa shape index (κ1) is 8.09. The molecule has 0 radical (unpaired) electrons. The number of rotatable bonds is 4. The molecular formula is C5H12N6. The minimum absolute atomic E-state index is 0.109. The van der Waals surface area contributed by atoms with E-state index in [2.05, 4.69) is 25.9 Å². The highest BCUT2D eigenvalue weighted by Gasteiger charge is 2.07. The summed E-state index contributed by atoms with van der Waals surface area (Å²) in [6.45, 7) is 3.33. The van der Waals surface area contributed by atoms with Gasteiger partial charge in [-0.15, -0.1) is 10.2 Å². The van der Waals surface area contributed by atoms with E-state index < -0.39 is 0 Å². The summed E-state index contributed by atoms with van der Waals surface area (Å²) in [5.74, 6) is 0.665. The molecule has 0 fully saturated rings. The molecule has 0 saturated heterocycles. The Morgan fingerprint density at radius 1 is 1.73 bits per heavy atom. The van der Waals surface area contributed by atoms with Crippen LogP contribution in [0.3, 0.4) is 0 Å². The normalized spacial score (nSPS) is 13.3. The number of aromatic nitrogens is 4. The number of hydrogen-bond donors (Lipinski definition) is 3. The fourth-order valence-corrected chi connectivity index (χ4v) is 0.744. The molecule has 0 aromatic carbocycles. The van der Waals surface area contributed by atoms with Crippen LogP contribution in [0.15, 0.2) is 0 Å². The number of nitrogens with two attached hydrogens (primary N) is 1. The van der Waals surface area contributed by atoms with Crippen molar-refractivity contribution in [3.8, 4) is 0 Å². The molecule has 4 N–H and O–H groups in total. The molecule has 1 atom stereocenters. The molecule has 0 aliphatic rings. The summed E-state index contributed by atoms with van der Waals surface area (Å²) in [5.41, 5.74) is 5.30. The van der Waals surface area contributed by atoms with Crippen LogP contribution < -0.4 is 11.1 Å². The van der Waals surface area contributed by atoms with E-state index in [4.69, 9.17) is 5.73 Å². The summed E-state index contributed by atoms with van der Waals surface area (Å²) in [7, 11) is 0. The van der Waals surface area contributed by atoms with E-state index in [0.29, 0.717) is 12.4 Å². The third kappa shape index (κ3) is 2.24. The van der Waals surface area contributed by atoms with E-state index >= 15 is 0 Å². The highest BCUT2D eigenvalue weighted by atomic mass is 15.5. The number of hydrogen-bond acceptors (Lipinski definition) is 5. The fourth-order valence-electron chi connectivity index (χ4n) is 0.744. The van der Waals surface area contributed by atoms with Crippen LogP contribution in [-0.4, -0.2) is 33.7 Å². The summed E-state index contributed by atoms with van der Waals surface area (Å²) in [6.07, 6.45) is 0. The number of H-pyrrole nitrogens is 1. The predicted molar refractivity (Wildman–Crippen MR) is 39.6 cm³/mol. The van der Waals surface area contributed by atoms with Crippen molar-refractivity contribution < 1.29 is 0 Å². The highest BCUT2D eigenvalue weighted by Crippen LogP contribution is 2.00. The minimum Gasteiger partial charge on any atom is -0.329 e. The summed E-state index contributed by atoms with van der Waals surface area (Å²) >= 11 is 0. The van der Waals surface area contributed by atoms with Gasteiger partial charge in [-0.3, -0.25) is 0 Å². The Hall–Kier alpha value is -1.01. The lowest BCUT2D eigenvalue weighted by Gasteiger charge is -2.06. The van der Waals surface area contributed by atoms with Gasteiger partial charge in [-0.25, -0.2) is 0 Å². The second-order valence-electron chi connectivity index (χ2n) is 2.23. The SMILES string of the molecule is CC(NCCN)c1nn[nH]n1. The van der Waals surface area contributed by atoms with E-state index in [9.17, 15) is 0 Å². The standard InChI is InChI=1S/C5H12N6/c1-4(7-3-2-6)5-8-10-11-9-5/h4,7H,2-3,6H2,1H3,(H,8,9,10,11). The Labute approximate surface area is 64.6 Å². The summed E-state index contributed by atoms with van der Waals surface area (Å²) in [5, 5.41) is 16.6. The third-order valence-corrected chi connectivity index (χ3v) is 1.34. The maximum absolute atomic E-state index is 5.30. The van der Waals surface area contributed by atoms with E-state index in [0.717, 1.165) is 6.54 Å². The minimum atomic E-state index is 0.109. The monoisotopic (exact) mass is 156 g/mol. The zero-order chi connectivity index (χ0) is 8.10. The Balaban J connectivity index is 2.36. The average molecular weight is 156 g/mol. The van der Waals surface area contributed by atoms with Gasteiger partial charge in [0.25, 0.3) is 0 Å². The maximum atomic E-state index is 5.30. The molecule has 1 heterocycles. The zero-order valence-corrected chi connectivity index (χ0v) is 6.41. The first-order valence-electron chi connectivity index (χ1n) is 3.51. The van der Waals surface area contributed by atoms with Crippen molar-refractivity contribution in [2.45, 2.75) is 13.0 Å². The van der Waals surface area contributed by atoms with Crippen molar-refractivity contribution in [2.24, 2.45) is 5.73 Å². The summed E-state index contributed by atoms with van der Waals surface area (Å²) < 4.78 is 0. The lowest BCUT2D eigenvalue weighted by atomic mass is 10.3. The first-order chi connectivity index (χ1) is 5.34. The van der Waals surface area contributed by atoms with E-state index in [1.54, 1.807) is 0 Å². The molecule has 6 heteroatoms. The van der Waals surface area contributed by atoms with Gasteiger partial charge in [-0.2, -0.15) is 5.21 Å². The van der Waals surface area contributed by atoms with Gasteiger partial charge in [0.05, 0.1) is 6.04 Å². The van der Waals surface area contributed by atoms with Crippen molar-refractivity contribution in [1.29, 1.82) is 0 Å². The lowest BCUT2D eigenvalue weighted by molar-refractivity contribution is 0.554. The quantitative estimate of drug-likeness (QED) is 0.509. The van der Waals surface area contributed by atoms with Crippen molar-refractivity contribution >= 4 is 0 Å². The second kappa shape index (κ2) is 3.99. The van der Waals surface area contributed by atoms with E-state index in [-0.39, 0.29) is 6.04 Å².